The molecule has 9 nitrogen and oxygen atoms in total. The van der Waals surface area contributed by atoms with Gasteiger partial charge in [-0.15, -0.1) is 0 Å². The molecule has 2 aromatic heterocycles. The van der Waals surface area contributed by atoms with E-state index < -0.39 is 5.97 Å². The maximum Gasteiger partial charge on any atom is 0.352 e. The van der Waals surface area contributed by atoms with Crippen molar-refractivity contribution in [2.45, 2.75) is 58.0 Å². The summed E-state index contributed by atoms with van der Waals surface area (Å²) in [6, 6.07) is 14.2. The van der Waals surface area contributed by atoms with Gasteiger partial charge in [-0.05, 0) is 93.4 Å². The highest BCUT2D eigenvalue weighted by molar-refractivity contribution is 6.35. The molecule has 1 atom stereocenters. The lowest BCUT2D eigenvalue weighted by atomic mass is 9.93. The second-order valence-corrected chi connectivity index (χ2v) is 14.2. The minimum atomic E-state index is -0.947. The van der Waals surface area contributed by atoms with Crippen molar-refractivity contribution < 1.29 is 23.8 Å². The highest BCUT2D eigenvalue weighted by Crippen LogP contribution is 2.45. The normalized spacial score (nSPS) is 17.5. The predicted octanol–water partition coefficient (Wildman–Crippen LogP) is 7.75. The number of hydrogen-bond acceptors (Lipinski definition) is 6. The van der Waals surface area contributed by atoms with Crippen LogP contribution < -0.4 is 4.74 Å². The van der Waals surface area contributed by atoms with E-state index in [4.69, 9.17) is 26.2 Å². The van der Waals surface area contributed by atoms with Crippen LogP contribution in [-0.2, 0) is 31.2 Å². The zero-order valence-corrected chi connectivity index (χ0v) is 30.5. The minimum Gasteiger partial charge on any atom is -0.493 e. The molecule has 0 aliphatic carbocycles. The van der Waals surface area contributed by atoms with Crippen LogP contribution in [0.15, 0.2) is 48.5 Å². The van der Waals surface area contributed by atoms with Gasteiger partial charge < -0.3 is 19.1 Å². The smallest absolute Gasteiger partial charge is 0.352 e. The topological polar surface area (TPSA) is 85.0 Å². The fraction of sp³-hybridized carbons (Fsp3) is 0.450. The first-order chi connectivity index (χ1) is 24.8. The number of fused-ring (bicyclic) bond motifs is 3. The lowest BCUT2D eigenvalue weighted by Crippen LogP contribution is -2.38. The van der Waals surface area contributed by atoms with Crippen molar-refractivity contribution in [2.24, 2.45) is 7.05 Å². The molecule has 2 aliphatic rings. The summed E-state index contributed by atoms with van der Waals surface area (Å²) in [6.45, 7) is 8.27. The van der Waals surface area contributed by atoms with E-state index >= 15 is 0 Å². The molecule has 0 radical (unpaired) electrons. The van der Waals surface area contributed by atoms with Crippen LogP contribution in [0.4, 0.5) is 4.39 Å². The van der Waals surface area contributed by atoms with Crippen LogP contribution >= 0.6 is 11.6 Å². The molecule has 3 aromatic carbocycles. The minimum absolute atomic E-state index is 0.0586. The summed E-state index contributed by atoms with van der Waals surface area (Å²) >= 11 is 7.24. The van der Waals surface area contributed by atoms with E-state index in [1.165, 1.54) is 12.1 Å². The zero-order valence-electron chi connectivity index (χ0n) is 29.8. The number of carboxylic acid groups (broad SMARTS) is 1. The average molecular weight is 716 g/mol. The van der Waals surface area contributed by atoms with Gasteiger partial charge in [0.1, 0.15) is 17.3 Å². The molecule has 0 saturated carbocycles. The Labute approximate surface area is 303 Å². The Morgan fingerprint density at radius 2 is 1.82 bits per heavy atom. The van der Waals surface area contributed by atoms with Gasteiger partial charge in [0.2, 0.25) is 0 Å². The maximum absolute atomic E-state index is 13.9. The average Bonchev–Trinajstić information content (AvgIpc) is 3.61. The summed E-state index contributed by atoms with van der Waals surface area (Å²) in [6.07, 6.45) is 4.52. The van der Waals surface area contributed by atoms with E-state index in [1.54, 1.807) is 6.07 Å². The van der Waals surface area contributed by atoms with Crippen LogP contribution in [-0.4, -0.2) is 88.3 Å². The third-order valence-electron chi connectivity index (χ3n) is 10.7. The Morgan fingerprint density at radius 3 is 2.61 bits per heavy atom. The quantitative estimate of drug-likeness (QED) is 0.148. The van der Waals surface area contributed by atoms with Crippen molar-refractivity contribution in [1.29, 1.82) is 0 Å². The summed E-state index contributed by atoms with van der Waals surface area (Å²) in [5, 5.41) is 19.1. The molecule has 1 N–H and O–H groups in total. The Kier molecular flexibility index (Phi) is 10.7. The third-order valence-corrected chi connectivity index (χ3v) is 11.0. The second kappa shape index (κ2) is 15.3. The number of aryl methyl sites for hydroxylation is 3. The molecular formula is C40H47ClFN5O4. The number of rotatable bonds is 10. The molecule has 0 spiro atoms. The van der Waals surface area contributed by atoms with Crippen LogP contribution in [0.3, 0.4) is 0 Å². The zero-order chi connectivity index (χ0) is 35.6. The van der Waals surface area contributed by atoms with Crippen molar-refractivity contribution in [3.05, 3.63) is 82.0 Å². The first-order valence-corrected chi connectivity index (χ1v) is 18.6. The number of hydrogen-bond donors (Lipinski definition) is 1. The Hall–Kier alpha value is -3.96. The first-order valence-electron chi connectivity index (χ1n) is 18.2. The van der Waals surface area contributed by atoms with Crippen LogP contribution in [0, 0.1) is 5.82 Å². The van der Waals surface area contributed by atoms with E-state index in [-0.39, 0.29) is 11.9 Å². The number of nitrogens with zero attached hydrogens (tertiary/aromatic N) is 5. The first kappa shape index (κ1) is 35.4. The van der Waals surface area contributed by atoms with Crippen LogP contribution in [0.25, 0.3) is 32.8 Å². The Morgan fingerprint density at radius 1 is 1.04 bits per heavy atom. The lowest BCUT2D eigenvalue weighted by molar-refractivity contribution is 0.0334. The van der Waals surface area contributed by atoms with Crippen molar-refractivity contribution in [1.82, 2.24) is 24.1 Å². The van der Waals surface area contributed by atoms with Gasteiger partial charge in [0, 0.05) is 60.8 Å². The van der Waals surface area contributed by atoms with E-state index in [2.05, 4.69) is 23.8 Å². The number of halogens is 2. The molecule has 51 heavy (non-hydrogen) atoms. The van der Waals surface area contributed by atoms with Crippen molar-refractivity contribution in [2.75, 3.05) is 53.0 Å². The molecular weight excluding hydrogens is 669 g/mol. The largest absolute Gasteiger partial charge is 0.493 e. The molecule has 1 saturated heterocycles. The standard InChI is InChI=1S/C40H47ClFN5O4/c1-4-32-36-35-31(41)15-14-30-29(10-8-22-51-34-11-7-9-26-25-27(42)12-13-28(26)34)39(40(48)49)47(38(30)35)18-6-5-17-44(2)33(37(36)43-45(32)3)16-19-46-20-23-50-24-21-46/h7,9,11-15,25,33H,4-6,8,10,16-24H2,1-3H3,(H,48,49). The number of ether oxygens (including phenoxy) is 2. The SMILES string of the molecule is CCc1c2c(nn1C)C(CCN1CCOCC1)N(C)CCCCn1c(C(=O)O)c(CCCOc3cccc4cc(F)ccc34)c3ccc(Cl)c-2c31. The maximum atomic E-state index is 13.9. The van der Waals surface area contributed by atoms with Crippen LogP contribution in [0.2, 0.25) is 5.02 Å². The summed E-state index contributed by atoms with van der Waals surface area (Å²) < 4.78 is 29.7. The molecule has 0 amide bonds. The van der Waals surface area contributed by atoms with E-state index in [9.17, 15) is 14.3 Å². The molecule has 2 aliphatic heterocycles. The Balaban J connectivity index is 1.30. The molecule has 1 unspecified atom stereocenters. The summed E-state index contributed by atoms with van der Waals surface area (Å²) in [5.74, 6) is -0.554. The van der Waals surface area contributed by atoms with Gasteiger partial charge >= 0.3 is 5.97 Å². The highest BCUT2D eigenvalue weighted by Gasteiger charge is 2.33. The van der Waals surface area contributed by atoms with E-state index in [1.807, 2.05) is 46.6 Å². The summed E-state index contributed by atoms with van der Waals surface area (Å²) in [4.78, 5) is 18.1. The number of aromatic nitrogens is 3. The van der Waals surface area contributed by atoms with Gasteiger partial charge in [-0.2, -0.15) is 5.10 Å². The number of morpholine rings is 1. The second-order valence-electron chi connectivity index (χ2n) is 13.8. The van der Waals surface area contributed by atoms with Gasteiger partial charge in [-0.25, -0.2) is 9.18 Å². The third kappa shape index (κ3) is 6.99. The predicted molar refractivity (Wildman–Crippen MR) is 200 cm³/mol. The summed E-state index contributed by atoms with van der Waals surface area (Å²) in [5.41, 5.74) is 5.94. The highest BCUT2D eigenvalue weighted by atomic mass is 35.5. The van der Waals surface area contributed by atoms with E-state index in [0.717, 1.165) is 115 Å². The van der Waals surface area contributed by atoms with Crippen molar-refractivity contribution in [3.8, 4) is 16.9 Å². The fourth-order valence-corrected chi connectivity index (χ4v) is 8.46. The Bertz CT molecular complexity index is 2050. The number of carboxylic acids is 1. The number of benzene rings is 3. The van der Waals surface area contributed by atoms with Crippen molar-refractivity contribution in [3.63, 3.8) is 0 Å². The fourth-order valence-electron chi connectivity index (χ4n) is 8.21. The molecule has 5 aromatic rings. The van der Waals surface area contributed by atoms with Crippen LogP contribution in [0.1, 0.15) is 66.1 Å². The van der Waals surface area contributed by atoms with Crippen LogP contribution in [0.5, 0.6) is 5.75 Å². The molecule has 11 heteroatoms. The van der Waals surface area contributed by atoms with Gasteiger partial charge in [0.25, 0.3) is 0 Å². The molecule has 1 fully saturated rings. The number of carbonyl (C=O) groups is 1. The lowest BCUT2D eigenvalue weighted by Gasteiger charge is -2.32. The number of aromatic carboxylic acids is 1. The monoisotopic (exact) mass is 715 g/mol. The summed E-state index contributed by atoms with van der Waals surface area (Å²) in [7, 11) is 4.19. The van der Waals surface area contributed by atoms with Crippen molar-refractivity contribution >= 4 is 39.2 Å². The van der Waals surface area contributed by atoms with E-state index in [0.29, 0.717) is 42.5 Å². The van der Waals surface area contributed by atoms with Gasteiger partial charge in [-0.1, -0.05) is 36.7 Å². The molecule has 270 valence electrons. The van der Waals surface area contributed by atoms with Gasteiger partial charge in [0.05, 0.1) is 42.1 Å². The molecule has 4 heterocycles. The van der Waals surface area contributed by atoms with Gasteiger partial charge in [-0.3, -0.25) is 14.5 Å². The molecule has 7 rings (SSSR count). The van der Waals surface area contributed by atoms with Gasteiger partial charge in [0.15, 0.2) is 0 Å². The molecule has 0 bridgehead atoms.